The third kappa shape index (κ3) is 9.07. The van der Waals surface area contributed by atoms with Gasteiger partial charge in [-0.25, -0.2) is 67.3 Å². The molecule has 386 valence electrons. The average molecular weight is 1050 g/mol. The highest BCUT2D eigenvalue weighted by Crippen LogP contribution is 2.42. The lowest BCUT2D eigenvalue weighted by atomic mass is 9.93. The zero-order valence-corrected chi connectivity index (χ0v) is 45.6. The molecule has 13 rings (SSSR count). The maximum Gasteiger partial charge on any atom is 0.169 e. The Morgan fingerprint density at radius 1 is 0.237 bits per heavy atom. The molecule has 6 aromatic heterocycles. The molecule has 0 unspecified atom stereocenters. The van der Waals surface area contributed by atoms with Gasteiger partial charge in [0.05, 0.1) is 0 Å². The van der Waals surface area contributed by atoms with E-state index in [0.717, 1.165) is 89.1 Å². The van der Waals surface area contributed by atoms with E-state index in [1.165, 1.54) is 0 Å². The number of aliphatic imine (C=N–C) groups is 8. The van der Waals surface area contributed by atoms with E-state index in [-0.39, 0.29) is 0 Å². The molecule has 0 aromatic carbocycles. The second-order valence-corrected chi connectivity index (χ2v) is 20.5. The second-order valence-electron chi connectivity index (χ2n) is 20.5. The third-order valence-electron chi connectivity index (χ3n) is 14.6. The molecule has 0 saturated carbocycles. The number of hydrogen-bond acceptors (Lipinski definition) is 10. The summed E-state index contributed by atoms with van der Waals surface area (Å²) in [5.74, 6) is 3.42. The van der Waals surface area contributed by atoms with Crippen molar-refractivity contribution in [1.82, 2.24) is 9.80 Å². The molecule has 16 heteroatoms. The van der Waals surface area contributed by atoms with Gasteiger partial charge in [0.25, 0.3) is 0 Å². The highest BCUT2D eigenvalue weighted by atomic mass is 15.2. The Bertz CT molecular complexity index is 4190. The summed E-state index contributed by atoms with van der Waals surface area (Å²) in [6.07, 6.45) is 41.0. The molecule has 7 aliphatic rings. The fourth-order valence-corrected chi connectivity index (χ4v) is 10.3. The lowest BCUT2D eigenvalue weighted by Gasteiger charge is -2.18. The summed E-state index contributed by atoms with van der Waals surface area (Å²) in [6, 6.07) is 25.1. The molecule has 16 nitrogen and oxygen atoms in total. The van der Waals surface area contributed by atoms with Crippen LogP contribution in [-0.4, -0.2) is 70.6 Å². The van der Waals surface area contributed by atoms with Crippen LogP contribution in [0.1, 0.15) is 33.4 Å². The van der Waals surface area contributed by atoms with Gasteiger partial charge in [0.2, 0.25) is 0 Å². The fraction of sp³-hybridized carbons (Fsp3) is 0.125. The standard InChI is InChI=1S/C64H56N16/c1-73-25-9-41(10-26-73)49-50(42-11-27-74(2)28-12-42)58-65-57(49)69-59-51(43-13-29-75(3)30-14-43)52(44-15-31-76(4)32-16-44)61(66-59)71-63-55(47-21-37-79(7)38-22-47)56(48-23-39-80(8)40-24-48)64(68-63)72-62-54(46-19-35-78(6)36-20-46)53(60(67-62)70-58)45-17-33-77(5)34-18-45/h9-40H,1-8H3/q+6. The molecule has 0 radical (unpaired) electrons. The number of hydrogen-bond donors (Lipinski definition) is 0. The van der Waals surface area contributed by atoms with Crippen molar-refractivity contribution < 1.29 is 27.4 Å². The minimum Gasteiger partial charge on any atom is -0.357 e. The maximum absolute atomic E-state index is 5.67. The van der Waals surface area contributed by atoms with Gasteiger partial charge in [0, 0.05) is 156 Å². The highest BCUT2D eigenvalue weighted by Gasteiger charge is 2.39. The van der Waals surface area contributed by atoms with Crippen molar-refractivity contribution in [1.29, 1.82) is 0 Å². The Kier molecular flexibility index (Phi) is 12.2. The van der Waals surface area contributed by atoms with Crippen LogP contribution >= 0.6 is 0 Å². The van der Waals surface area contributed by atoms with Crippen LogP contribution in [0.5, 0.6) is 0 Å². The highest BCUT2D eigenvalue weighted by molar-refractivity contribution is 6.58. The summed E-state index contributed by atoms with van der Waals surface area (Å²) >= 11 is 0. The lowest BCUT2D eigenvalue weighted by molar-refractivity contribution is -0.671. The molecule has 0 spiro atoms. The van der Waals surface area contributed by atoms with Gasteiger partial charge in [-0.2, -0.15) is 0 Å². The Morgan fingerprint density at radius 2 is 0.388 bits per heavy atom. The molecule has 0 fully saturated rings. The first-order chi connectivity index (χ1) is 38.9. The van der Waals surface area contributed by atoms with E-state index in [9.17, 15) is 0 Å². The molecule has 6 aromatic rings. The molecule has 8 bridgehead atoms. The molecule has 13 heterocycles. The SMILES string of the molecule is CN1C=CC(=C2C3=NC(=NC4=NC(=NC5=NC(=NC6=NC(=N3)C(c3cc[n+](C)cc3)=C6c3cc[n+](C)cc3)C(c3cc[n+](C)cc3)=C5c3cc[n+](C)cc3)C(c3cc[n+](C)cc3)=C4c3cc[n+](C)cc3)C2=C2C=CN(C)C=C2)C=C1. The van der Waals surface area contributed by atoms with Crippen LogP contribution in [0, 0.1) is 0 Å². The molecule has 0 N–H and O–H groups in total. The Labute approximate surface area is 463 Å². The number of nitrogens with zero attached hydrogens (tertiary/aromatic N) is 16. The zero-order valence-electron chi connectivity index (χ0n) is 45.6. The van der Waals surface area contributed by atoms with E-state index in [1.54, 1.807) is 0 Å². The van der Waals surface area contributed by atoms with Gasteiger partial charge in [0.1, 0.15) is 42.3 Å². The van der Waals surface area contributed by atoms with Crippen LogP contribution in [0.25, 0.3) is 33.4 Å². The molecule has 0 aliphatic carbocycles. The topological polar surface area (TPSA) is 129 Å². The first-order valence-electron chi connectivity index (χ1n) is 26.2. The van der Waals surface area contributed by atoms with E-state index >= 15 is 0 Å². The van der Waals surface area contributed by atoms with Crippen LogP contribution in [0.2, 0.25) is 0 Å². The number of rotatable bonds is 6. The molecule has 0 saturated heterocycles. The van der Waals surface area contributed by atoms with Gasteiger partial charge in [-0.3, -0.25) is 0 Å². The largest absolute Gasteiger partial charge is 0.357 e. The van der Waals surface area contributed by atoms with Crippen LogP contribution in [-0.2, 0) is 42.3 Å². The minimum absolute atomic E-state index is 0.428. The van der Waals surface area contributed by atoms with Gasteiger partial charge >= 0.3 is 0 Å². The number of allylic oxidation sites excluding steroid dienone is 6. The molecular formula is C64H56N16+6. The van der Waals surface area contributed by atoms with Crippen LogP contribution in [0.4, 0.5) is 0 Å². The van der Waals surface area contributed by atoms with E-state index in [2.05, 4.69) is 97.1 Å². The summed E-state index contributed by atoms with van der Waals surface area (Å²) in [7, 11) is 16.1. The first-order valence-corrected chi connectivity index (χ1v) is 26.2. The van der Waals surface area contributed by atoms with E-state index in [4.69, 9.17) is 39.9 Å². The number of pyridine rings is 6. The smallest absolute Gasteiger partial charge is 0.169 e. The molecule has 7 aliphatic heterocycles. The quantitative estimate of drug-likeness (QED) is 0.203. The van der Waals surface area contributed by atoms with Crippen molar-refractivity contribution in [3.8, 4) is 0 Å². The maximum atomic E-state index is 5.67. The van der Waals surface area contributed by atoms with E-state index in [1.807, 2.05) is 193 Å². The molecule has 0 atom stereocenters. The zero-order chi connectivity index (χ0) is 54.8. The Morgan fingerprint density at radius 3 is 0.550 bits per heavy atom. The molecular weight excluding hydrogens is 993 g/mol. The summed E-state index contributed by atoms with van der Waals surface area (Å²) in [6.45, 7) is 0. The average Bonchev–Trinajstić information content (AvgIpc) is 4.24. The molecule has 0 amide bonds. The summed E-state index contributed by atoms with van der Waals surface area (Å²) in [5.41, 5.74) is 13.4. The summed E-state index contributed by atoms with van der Waals surface area (Å²) < 4.78 is 12.1. The monoisotopic (exact) mass is 1050 g/mol. The van der Waals surface area contributed by atoms with Crippen molar-refractivity contribution in [2.75, 3.05) is 14.1 Å². The van der Waals surface area contributed by atoms with Gasteiger partial charge in [-0.05, 0) is 68.8 Å². The van der Waals surface area contributed by atoms with Crippen molar-refractivity contribution in [2.24, 2.45) is 82.2 Å². The third-order valence-corrected chi connectivity index (χ3v) is 14.6. The van der Waals surface area contributed by atoms with Crippen molar-refractivity contribution in [3.05, 3.63) is 252 Å². The number of fused-ring (bicyclic) bond motifs is 4. The summed E-state index contributed by atoms with van der Waals surface area (Å²) in [5, 5.41) is 0. The van der Waals surface area contributed by atoms with Crippen molar-refractivity contribution >= 4 is 80.1 Å². The van der Waals surface area contributed by atoms with E-state index < -0.39 is 0 Å². The normalized spacial score (nSPS) is 17.6. The Hall–Kier alpha value is -10.5. The number of amidine groups is 8. The Balaban J connectivity index is 1.21. The van der Waals surface area contributed by atoms with Gasteiger partial charge in [-0.1, -0.05) is 0 Å². The minimum atomic E-state index is 0.428. The predicted octanol–water partition coefficient (Wildman–Crippen LogP) is 5.56. The van der Waals surface area contributed by atoms with Crippen LogP contribution in [0.3, 0.4) is 0 Å². The second kappa shape index (κ2) is 19.8. The fourth-order valence-electron chi connectivity index (χ4n) is 10.3. The van der Waals surface area contributed by atoms with Crippen molar-refractivity contribution in [3.63, 3.8) is 0 Å². The summed E-state index contributed by atoms with van der Waals surface area (Å²) in [4.78, 5) is 48.9. The van der Waals surface area contributed by atoms with Gasteiger partial charge in [-0.15, -0.1) is 0 Å². The van der Waals surface area contributed by atoms with Crippen LogP contribution < -0.4 is 27.4 Å². The predicted molar refractivity (Wildman–Crippen MR) is 312 cm³/mol. The van der Waals surface area contributed by atoms with E-state index in [0.29, 0.717) is 46.7 Å². The van der Waals surface area contributed by atoms with Gasteiger partial charge < -0.3 is 9.80 Å². The number of aryl methyl sites for hydroxylation is 6. The van der Waals surface area contributed by atoms with Gasteiger partial charge in [0.15, 0.2) is 121 Å². The lowest BCUT2D eigenvalue weighted by Crippen LogP contribution is -2.26. The molecule has 80 heavy (non-hydrogen) atoms. The van der Waals surface area contributed by atoms with Crippen molar-refractivity contribution in [2.45, 2.75) is 0 Å². The van der Waals surface area contributed by atoms with Crippen LogP contribution in [0.15, 0.2) is 258 Å². The number of aromatic nitrogens is 6. The first kappa shape index (κ1) is 49.1.